The number of nitro benzene ring substituents is 1. The van der Waals surface area contributed by atoms with Gasteiger partial charge in [0.1, 0.15) is 0 Å². The quantitative estimate of drug-likeness (QED) is 0.469. The number of nitro groups is 1. The fourth-order valence-electron chi connectivity index (χ4n) is 1.60. The minimum absolute atomic E-state index is 0.0159. The third-order valence-corrected chi connectivity index (χ3v) is 2.55. The molecule has 0 spiro atoms. The van der Waals surface area contributed by atoms with Gasteiger partial charge in [-0.15, -0.1) is 0 Å². The van der Waals surface area contributed by atoms with Crippen LogP contribution >= 0.6 is 0 Å². The third-order valence-electron chi connectivity index (χ3n) is 2.55. The van der Waals surface area contributed by atoms with Crippen LogP contribution in [0.3, 0.4) is 0 Å². The molecule has 4 heteroatoms. The standard InChI is InChI=1S/C14H10NO3/c16-14(12-4-2-1-3-5-12)10-11-6-8-13(9-7-11)15(17)18/h2-9H,10H2. The molecule has 0 aromatic heterocycles. The predicted molar refractivity (Wildman–Crippen MR) is 66.4 cm³/mol. The maximum Gasteiger partial charge on any atom is 0.269 e. The van der Waals surface area contributed by atoms with Crippen LogP contribution in [0.5, 0.6) is 0 Å². The number of ketones is 1. The maximum absolute atomic E-state index is 11.9. The first-order valence-electron chi connectivity index (χ1n) is 5.39. The Bertz CT molecular complexity index is 561. The van der Waals surface area contributed by atoms with Crippen molar-refractivity contribution < 1.29 is 9.72 Å². The van der Waals surface area contributed by atoms with E-state index in [9.17, 15) is 14.9 Å². The lowest BCUT2D eigenvalue weighted by molar-refractivity contribution is -0.384. The van der Waals surface area contributed by atoms with Crippen LogP contribution in [0.4, 0.5) is 5.69 Å². The molecule has 4 nitrogen and oxygen atoms in total. The van der Waals surface area contributed by atoms with Crippen LogP contribution in [-0.4, -0.2) is 10.7 Å². The Hall–Kier alpha value is -2.49. The van der Waals surface area contributed by atoms with Gasteiger partial charge < -0.3 is 0 Å². The smallest absolute Gasteiger partial charge is 0.269 e. The summed E-state index contributed by atoms with van der Waals surface area (Å²) in [4.78, 5) is 21.9. The average Bonchev–Trinajstić information content (AvgIpc) is 2.40. The second kappa shape index (κ2) is 5.23. The van der Waals surface area contributed by atoms with E-state index in [-0.39, 0.29) is 17.9 Å². The zero-order valence-corrected chi connectivity index (χ0v) is 9.50. The van der Waals surface area contributed by atoms with E-state index in [1.54, 1.807) is 36.4 Å². The molecule has 18 heavy (non-hydrogen) atoms. The number of benzene rings is 2. The van der Waals surface area contributed by atoms with E-state index in [2.05, 4.69) is 6.07 Å². The van der Waals surface area contributed by atoms with Gasteiger partial charge in [0.2, 0.25) is 0 Å². The van der Waals surface area contributed by atoms with Gasteiger partial charge >= 0.3 is 0 Å². The molecule has 2 aromatic rings. The van der Waals surface area contributed by atoms with Crippen molar-refractivity contribution >= 4 is 11.5 Å². The second-order valence-corrected chi connectivity index (χ2v) is 3.81. The highest BCUT2D eigenvalue weighted by Gasteiger charge is 2.08. The van der Waals surface area contributed by atoms with E-state index in [1.807, 2.05) is 0 Å². The van der Waals surface area contributed by atoms with Gasteiger partial charge in [0, 0.05) is 24.1 Å². The summed E-state index contributed by atoms with van der Waals surface area (Å²) in [6.45, 7) is 0. The molecule has 89 valence electrons. The summed E-state index contributed by atoms with van der Waals surface area (Å²) in [6.07, 6.45) is 0.238. The molecule has 0 saturated carbocycles. The Labute approximate surface area is 104 Å². The first kappa shape index (κ1) is 12.0. The number of hydrogen-bond donors (Lipinski definition) is 0. The largest absolute Gasteiger partial charge is 0.294 e. The molecule has 0 aliphatic heterocycles. The van der Waals surface area contributed by atoms with Gasteiger partial charge in [-0.05, 0) is 11.6 Å². The van der Waals surface area contributed by atoms with E-state index in [0.29, 0.717) is 5.56 Å². The van der Waals surface area contributed by atoms with Gasteiger partial charge in [0.25, 0.3) is 5.69 Å². The normalized spacial score (nSPS) is 10.0. The van der Waals surface area contributed by atoms with E-state index in [1.165, 1.54) is 12.1 Å². The number of Topliss-reactive ketones (excluding diaryl/α,β-unsaturated/α-hetero) is 1. The molecule has 0 aliphatic carbocycles. The summed E-state index contributed by atoms with van der Waals surface area (Å²) < 4.78 is 0. The summed E-state index contributed by atoms with van der Waals surface area (Å²) in [5.74, 6) is -0.0159. The number of carbonyl (C=O) groups excluding carboxylic acids is 1. The van der Waals surface area contributed by atoms with Crippen LogP contribution in [0.2, 0.25) is 0 Å². The van der Waals surface area contributed by atoms with Crippen molar-refractivity contribution in [3.63, 3.8) is 0 Å². The molecule has 0 amide bonds. The highest BCUT2D eigenvalue weighted by atomic mass is 16.6. The first-order valence-corrected chi connectivity index (χ1v) is 5.39. The summed E-state index contributed by atoms with van der Waals surface area (Å²) in [5.41, 5.74) is 1.41. The summed E-state index contributed by atoms with van der Waals surface area (Å²) in [5, 5.41) is 10.5. The number of nitrogens with zero attached hydrogens (tertiary/aromatic N) is 1. The van der Waals surface area contributed by atoms with E-state index < -0.39 is 4.92 Å². The molecule has 0 bridgehead atoms. The summed E-state index contributed by atoms with van der Waals surface area (Å²) >= 11 is 0. The van der Waals surface area contributed by atoms with Gasteiger partial charge in [-0.3, -0.25) is 14.9 Å². The SMILES string of the molecule is O=C(Cc1ccc([N+](=O)[O-])cc1)c1cc[c]cc1. The van der Waals surface area contributed by atoms with Gasteiger partial charge in [-0.1, -0.05) is 36.4 Å². The molecule has 0 heterocycles. The van der Waals surface area contributed by atoms with Crippen molar-refractivity contribution in [2.24, 2.45) is 0 Å². The van der Waals surface area contributed by atoms with Crippen molar-refractivity contribution in [2.75, 3.05) is 0 Å². The topological polar surface area (TPSA) is 60.2 Å². The fourth-order valence-corrected chi connectivity index (χ4v) is 1.60. The fraction of sp³-hybridized carbons (Fsp3) is 0.0714. The van der Waals surface area contributed by atoms with Crippen LogP contribution in [-0.2, 0) is 6.42 Å². The molecule has 0 fully saturated rings. The highest BCUT2D eigenvalue weighted by Crippen LogP contribution is 2.13. The minimum atomic E-state index is -0.460. The van der Waals surface area contributed by atoms with Gasteiger partial charge in [-0.25, -0.2) is 0 Å². The zero-order chi connectivity index (χ0) is 13.0. The Kier molecular flexibility index (Phi) is 3.48. The number of hydrogen-bond acceptors (Lipinski definition) is 3. The molecular formula is C14H10NO3. The van der Waals surface area contributed by atoms with Crippen LogP contribution in [0.1, 0.15) is 15.9 Å². The Balaban J connectivity index is 2.10. The van der Waals surface area contributed by atoms with Gasteiger partial charge in [0.05, 0.1) is 4.92 Å². The van der Waals surface area contributed by atoms with E-state index in [4.69, 9.17) is 0 Å². The van der Waals surface area contributed by atoms with Crippen molar-refractivity contribution in [2.45, 2.75) is 6.42 Å². The molecule has 2 aromatic carbocycles. The molecule has 2 rings (SSSR count). The summed E-state index contributed by atoms with van der Waals surface area (Å²) in [7, 11) is 0. The maximum atomic E-state index is 11.9. The van der Waals surface area contributed by atoms with E-state index in [0.717, 1.165) is 5.56 Å². The van der Waals surface area contributed by atoms with Crippen LogP contribution in [0, 0.1) is 16.2 Å². The molecular weight excluding hydrogens is 230 g/mol. The summed E-state index contributed by atoms with van der Waals surface area (Å²) in [6, 6.07) is 15.6. The van der Waals surface area contributed by atoms with Crippen molar-refractivity contribution in [3.8, 4) is 0 Å². The lowest BCUT2D eigenvalue weighted by atomic mass is 10.0. The van der Waals surface area contributed by atoms with Crippen molar-refractivity contribution in [3.05, 3.63) is 75.8 Å². The Morgan fingerprint density at radius 2 is 1.72 bits per heavy atom. The lowest BCUT2D eigenvalue weighted by Crippen LogP contribution is -2.03. The molecule has 0 saturated heterocycles. The molecule has 1 radical (unpaired) electrons. The first-order chi connectivity index (χ1) is 8.66. The van der Waals surface area contributed by atoms with Crippen molar-refractivity contribution in [1.82, 2.24) is 0 Å². The van der Waals surface area contributed by atoms with Gasteiger partial charge in [-0.2, -0.15) is 0 Å². The second-order valence-electron chi connectivity index (χ2n) is 3.81. The lowest BCUT2D eigenvalue weighted by Gasteiger charge is -2.01. The van der Waals surface area contributed by atoms with Crippen LogP contribution < -0.4 is 0 Å². The highest BCUT2D eigenvalue weighted by molar-refractivity contribution is 5.97. The minimum Gasteiger partial charge on any atom is -0.294 e. The molecule has 0 atom stereocenters. The monoisotopic (exact) mass is 240 g/mol. The van der Waals surface area contributed by atoms with E-state index >= 15 is 0 Å². The number of non-ortho nitro benzene ring substituents is 1. The Morgan fingerprint density at radius 1 is 1.11 bits per heavy atom. The van der Waals surface area contributed by atoms with Crippen LogP contribution in [0.25, 0.3) is 0 Å². The number of carbonyl (C=O) groups is 1. The molecule has 0 N–H and O–H groups in total. The predicted octanol–water partition coefficient (Wildman–Crippen LogP) is 2.82. The number of rotatable bonds is 4. The molecule has 0 aliphatic rings. The third kappa shape index (κ3) is 2.79. The molecule has 0 unspecified atom stereocenters. The van der Waals surface area contributed by atoms with Gasteiger partial charge in [0.15, 0.2) is 5.78 Å². The van der Waals surface area contributed by atoms with Crippen LogP contribution in [0.15, 0.2) is 48.5 Å². The van der Waals surface area contributed by atoms with Crippen molar-refractivity contribution in [1.29, 1.82) is 0 Å². The average molecular weight is 240 g/mol. The zero-order valence-electron chi connectivity index (χ0n) is 9.50. The Morgan fingerprint density at radius 3 is 2.28 bits per heavy atom.